The number of aliphatic carboxylic acids is 4. The summed E-state index contributed by atoms with van der Waals surface area (Å²) in [4.78, 5) is 79.9. The molecule has 0 bridgehead atoms. The van der Waals surface area contributed by atoms with Crippen LogP contribution in [0.4, 0.5) is 0 Å². The van der Waals surface area contributed by atoms with Crippen LogP contribution in [0.15, 0.2) is 0 Å². The molecule has 0 aromatic rings. The van der Waals surface area contributed by atoms with Crippen molar-refractivity contribution >= 4 is 41.6 Å². The number of carbonyl (C=O) groups excluding carboxylic acids is 3. The second kappa shape index (κ2) is 25.8. The largest absolute Gasteiger partial charge is 0.481 e. The SMILES string of the molecule is O=C(O)CCCCCCCCCCCCCCCCC(=O)N[C@@H](CCC(=O)N[C@@H](CCC(=O)NCC(=O)O)C(=O)O)C(=O)O. The van der Waals surface area contributed by atoms with E-state index in [1.807, 2.05) is 0 Å². The van der Waals surface area contributed by atoms with Crippen molar-refractivity contribution in [2.24, 2.45) is 0 Å². The maximum Gasteiger partial charge on any atom is 0.326 e. The summed E-state index contributed by atoms with van der Waals surface area (Å²) in [6, 6.07) is -2.73. The predicted molar refractivity (Wildman–Crippen MR) is 160 cm³/mol. The standard InChI is InChI=1S/C30H51N3O11/c34-24(31-21-28(39)40)19-17-22(29(41)42)33-26(36)20-18-23(30(43)44)32-25(35)15-13-11-9-7-5-3-1-2-4-6-8-10-12-14-16-27(37)38/h22-23H,1-21H2,(H,31,34)(H,32,35)(H,33,36)(H,37,38)(H,39,40)(H,41,42)(H,43,44)/t22-,23-/m0/s1. The van der Waals surface area contributed by atoms with Gasteiger partial charge >= 0.3 is 23.9 Å². The third kappa shape index (κ3) is 24.8. The highest BCUT2D eigenvalue weighted by molar-refractivity contribution is 5.86. The summed E-state index contributed by atoms with van der Waals surface area (Å²) < 4.78 is 0. The Bertz CT molecular complexity index is 911. The van der Waals surface area contributed by atoms with Gasteiger partial charge in [0.05, 0.1) is 0 Å². The van der Waals surface area contributed by atoms with E-state index < -0.39 is 60.2 Å². The minimum atomic E-state index is -1.42. The van der Waals surface area contributed by atoms with Gasteiger partial charge in [-0.2, -0.15) is 0 Å². The maximum atomic E-state index is 12.2. The first-order valence-electron chi connectivity index (χ1n) is 15.7. The van der Waals surface area contributed by atoms with E-state index >= 15 is 0 Å². The van der Waals surface area contributed by atoms with E-state index in [1.165, 1.54) is 32.1 Å². The number of unbranched alkanes of at least 4 members (excludes halogenated alkanes) is 13. The Kier molecular flexibility index (Phi) is 23.6. The van der Waals surface area contributed by atoms with Crippen LogP contribution >= 0.6 is 0 Å². The monoisotopic (exact) mass is 629 g/mol. The molecular weight excluding hydrogens is 578 g/mol. The number of hydrogen-bond acceptors (Lipinski definition) is 7. The number of carbonyl (C=O) groups is 7. The summed E-state index contributed by atoms with van der Waals surface area (Å²) in [5.74, 6) is -6.58. The van der Waals surface area contributed by atoms with Gasteiger partial charge in [0.1, 0.15) is 18.6 Å². The van der Waals surface area contributed by atoms with Crippen LogP contribution in [-0.4, -0.2) is 80.7 Å². The van der Waals surface area contributed by atoms with E-state index in [0.29, 0.717) is 6.42 Å². The van der Waals surface area contributed by atoms with Crippen molar-refractivity contribution in [3.05, 3.63) is 0 Å². The van der Waals surface area contributed by atoms with Crippen LogP contribution in [0, 0.1) is 0 Å². The molecule has 0 spiro atoms. The molecule has 0 aliphatic rings. The molecule has 0 saturated carbocycles. The lowest BCUT2D eigenvalue weighted by molar-refractivity contribution is -0.143. The number of carboxylic acid groups (broad SMARTS) is 4. The zero-order valence-electron chi connectivity index (χ0n) is 25.7. The molecule has 0 aliphatic carbocycles. The highest BCUT2D eigenvalue weighted by atomic mass is 16.4. The first-order valence-corrected chi connectivity index (χ1v) is 15.7. The second-order valence-electron chi connectivity index (χ2n) is 11.0. The normalized spacial score (nSPS) is 12.1. The van der Waals surface area contributed by atoms with Crippen LogP contribution in [0.5, 0.6) is 0 Å². The van der Waals surface area contributed by atoms with Crippen molar-refractivity contribution < 1.29 is 54.0 Å². The van der Waals surface area contributed by atoms with Crippen molar-refractivity contribution in [2.75, 3.05) is 6.54 Å². The third-order valence-electron chi connectivity index (χ3n) is 7.07. The molecule has 0 aromatic heterocycles. The zero-order valence-corrected chi connectivity index (χ0v) is 25.7. The maximum absolute atomic E-state index is 12.2. The van der Waals surface area contributed by atoms with Gasteiger partial charge in [-0.1, -0.05) is 77.0 Å². The first kappa shape index (κ1) is 40.3. The molecule has 0 fully saturated rings. The average Bonchev–Trinajstić information content (AvgIpc) is 2.95. The average molecular weight is 630 g/mol. The number of amides is 3. The van der Waals surface area contributed by atoms with Crippen molar-refractivity contribution in [2.45, 2.75) is 141 Å². The summed E-state index contributed by atoms with van der Waals surface area (Å²) in [5, 5.41) is 42.6. The molecule has 3 amide bonds. The quantitative estimate of drug-likeness (QED) is 0.0593. The molecule has 2 atom stereocenters. The lowest BCUT2D eigenvalue weighted by atomic mass is 10.0. The van der Waals surface area contributed by atoms with Gasteiger partial charge in [-0.05, 0) is 25.7 Å². The fraction of sp³-hybridized carbons (Fsp3) is 0.767. The van der Waals surface area contributed by atoms with Crippen LogP contribution in [-0.2, 0) is 33.6 Å². The summed E-state index contributed by atoms with van der Waals surface area (Å²) >= 11 is 0. The van der Waals surface area contributed by atoms with E-state index in [1.54, 1.807) is 0 Å². The van der Waals surface area contributed by atoms with Gasteiger partial charge in [-0.25, -0.2) is 9.59 Å². The van der Waals surface area contributed by atoms with Gasteiger partial charge in [0.2, 0.25) is 17.7 Å². The fourth-order valence-corrected chi connectivity index (χ4v) is 4.54. The Hall–Kier alpha value is -3.71. The Morgan fingerprint density at radius 1 is 0.409 bits per heavy atom. The number of carboxylic acids is 4. The van der Waals surface area contributed by atoms with Crippen LogP contribution in [0.1, 0.15) is 128 Å². The Labute approximate surface area is 258 Å². The van der Waals surface area contributed by atoms with Crippen molar-refractivity contribution in [1.29, 1.82) is 0 Å². The van der Waals surface area contributed by atoms with Gasteiger partial charge in [-0.15, -0.1) is 0 Å². The molecule has 0 aliphatic heterocycles. The van der Waals surface area contributed by atoms with Crippen LogP contribution in [0.2, 0.25) is 0 Å². The number of hydrogen-bond donors (Lipinski definition) is 7. The number of rotatable bonds is 29. The molecule has 0 rings (SSSR count). The van der Waals surface area contributed by atoms with E-state index in [-0.39, 0.29) is 38.5 Å². The lowest BCUT2D eigenvalue weighted by Gasteiger charge is -2.17. The molecule has 0 aromatic carbocycles. The van der Waals surface area contributed by atoms with Crippen molar-refractivity contribution in [3.63, 3.8) is 0 Å². The zero-order chi connectivity index (χ0) is 33.2. The first-order chi connectivity index (χ1) is 20.9. The van der Waals surface area contributed by atoms with Gasteiger partial charge < -0.3 is 36.4 Å². The minimum absolute atomic E-state index is 0.164. The van der Waals surface area contributed by atoms with E-state index in [0.717, 1.165) is 51.4 Å². The van der Waals surface area contributed by atoms with Crippen LogP contribution in [0.25, 0.3) is 0 Å². The van der Waals surface area contributed by atoms with Gasteiger partial charge in [0.25, 0.3) is 0 Å². The van der Waals surface area contributed by atoms with Crippen molar-refractivity contribution in [3.8, 4) is 0 Å². The summed E-state index contributed by atoms with van der Waals surface area (Å²) in [5.41, 5.74) is 0. The molecule has 14 nitrogen and oxygen atoms in total. The predicted octanol–water partition coefficient (Wildman–Crippen LogP) is 3.21. The Balaban J connectivity index is 4.01. The molecule has 0 unspecified atom stereocenters. The summed E-state index contributed by atoms with van der Waals surface area (Å²) in [6.45, 7) is -0.617. The number of nitrogens with one attached hydrogen (secondary N) is 3. The third-order valence-corrected chi connectivity index (χ3v) is 7.07. The van der Waals surface area contributed by atoms with Gasteiger partial charge in [0.15, 0.2) is 0 Å². The summed E-state index contributed by atoms with van der Waals surface area (Å²) in [7, 11) is 0. The molecule has 44 heavy (non-hydrogen) atoms. The molecule has 14 heteroatoms. The topological polar surface area (TPSA) is 236 Å². The van der Waals surface area contributed by atoms with Crippen molar-refractivity contribution in [1.82, 2.24) is 16.0 Å². The highest BCUT2D eigenvalue weighted by Crippen LogP contribution is 2.14. The second-order valence-corrected chi connectivity index (χ2v) is 11.0. The lowest BCUT2D eigenvalue weighted by Crippen LogP contribution is -2.44. The molecule has 0 heterocycles. The van der Waals surface area contributed by atoms with Gasteiger partial charge in [0, 0.05) is 25.7 Å². The Morgan fingerprint density at radius 3 is 1.11 bits per heavy atom. The molecular formula is C30H51N3O11. The highest BCUT2D eigenvalue weighted by Gasteiger charge is 2.24. The minimum Gasteiger partial charge on any atom is -0.481 e. The van der Waals surface area contributed by atoms with E-state index in [2.05, 4.69) is 16.0 Å². The molecule has 252 valence electrons. The van der Waals surface area contributed by atoms with E-state index in [9.17, 15) is 43.8 Å². The fourth-order valence-electron chi connectivity index (χ4n) is 4.54. The smallest absolute Gasteiger partial charge is 0.326 e. The van der Waals surface area contributed by atoms with Crippen LogP contribution in [0.3, 0.4) is 0 Å². The molecule has 0 radical (unpaired) electrons. The molecule has 0 saturated heterocycles. The molecule has 7 N–H and O–H groups in total. The Morgan fingerprint density at radius 2 is 0.750 bits per heavy atom. The summed E-state index contributed by atoms with van der Waals surface area (Å²) in [6.07, 6.45) is 13.8. The van der Waals surface area contributed by atoms with Gasteiger partial charge in [-0.3, -0.25) is 24.0 Å². The van der Waals surface area contributed by atoms with E-state index in [4.69, 9.17) is 10.2 Å². The van der Waals surface area contributed by atoms with Crippen LogP contribution < -0.4 is 16.0 Å².